The maximum Gasteiger partial charge on any atom is 0.212 e. The van der Waals surface area contributed by atoms with Gasteiger partial charge in [0.2, 0.25) is 5.88 Å². The van der Waals surface area contributed by atoms with Gasteiger partial charge in [0.15, 0.2) is 0 Å². The highest BCUT2D eigenvalue weighted by Crippen LogP contribution is 2.16. The van der Waals surface area contributed by atoms with E-state index < -0.39 is 0 Å². The monoisotopic (exact) mass is 276 g/mol. The Bertz CT molecular complexity index is 511. The van der Waals surface area contributed by atoms with E-state index in [1.54, 1.807) is 7.11 Å². The van der Waals surface area contributed by atoms with Crippen LogP contribution in [0.2, 0.25) is 5.02 Å². The lowest BCUT2D eigenvalue weighted by molar-refractivity contribution is 0.397. The summed E-state index contributed by atoms with van der Waals surface area (Å²) in [6, 6.07) is 12.0. The number of benzene rings is 1. The van der Waals surface area contributed by atoms with E-state index >= 15 is 0 Å². The number of aromatic nitrogens is 1. The zero-order valence-electron chi connectivity index (χ0n) is 11.1. The Labute approximate surface area is 118 Å². The second-order valence-electron chi connectivity index (χ2n) is 4.36. The summed E-state index contributed by atoms with van der Waals surface area (Å²) in [4.78, 5) is 4.18. The number of hydrogen-bond acceptors (Lipinski definition) is 3. The van der Waals surface area contributed by atoms with Crippen LogP contribution in [0.4, 0.5) is 0 Å². The fourth-order valence-electron chi connectivity index (χ4n) is 1.78. The van der Waals surface area contributed by atoms with Gasteiger partial charge in [-0.2, -0.15) is 0 Å². The molecule has 0 aliphatic heterocycles. The lowest BCUT2D eigenvalue weighted by Crippen LogP contribution is -2.18. The molecular formula is C15H17ClN2O. The summed E-state index contributed by atoms with van der Waals surface area (Å²) >= 11 is 5.88. The Kier molecular flexibility index (Phi) is 4.77. The van der Waals surface area contributed by atoms with E-state index in [2.05, 4.69) is 17.2 Å². The van der Waals surface area contributed by atoms with Crippen LogP contribution < -0.4 is 10.1 Å². The van der Waals surface area contributed by atoms with Crippen LogP contribution in [0.1, 0.15) is 24.1 Å². The molecule has 0 spiro atoms. The van der Waals surface area contributed by atoms with Gasteiger partial charge in [0.25, 0.3) is 0 Å². The molecule has 0 fully saturated rings. The number of hydrogen-bond donors (Lipinski definition) is 1. The number of nitrogens with one attached hydrogen (secondary N) is 1. The van der Waals surface area contributed by atoms with Gasteiger partial charge in [-0.3, -0.25) is 0 Å². The third kappa shape index (κ3) is 3.94. The largest absolute Gasteiger partial charge is 0.481 e. The molecule has 0 saturated heterocycles. The zero-order valence-corrected chi connectivity index (χ0v) is 11.8. The van der Waals surface area contributed by atoms with Crippen LogP contribution in [0.15, 0.2) is 42.6 Å². The Morgan fingerprint density at radius 3 is 2.53 bits per heavy atom. The maximum absolute atomic E-state index is 5.88. The molecule has 1 atom stereocenters. The summed E-state index contributed by atoms with van der Waals surface area (Å²) in [5.41, 5.74) is 2.34. The number of nitrogens with zero attached hydrogens (tertiary/aromatic N) is 1. The highest BCUT2D eigenvalue weighted by atomic mass is 35.5. The third-order valence-corrected chi connectivity index (χ3v) is 3.24. The van der Waals surface area contributed by atoms with E-state index in [1.807, 2.05) is 42.6 Å². The number of rotatable bonds is 5. The lowest BCUT2D eigenvalue weighted by Gasteiger charge is -2.14. The van der Waals surface area contributed by atoms with E-state index in [4.69, 9.17) is 16.3 Å². The summed E-state index contributed by atoms with van der Waals surface area (Å²) in [6.07, 6.45) is 1.82. The molecule has 2 aromatic rings. The van der Waals surface area contributed by atoms with Gasteiger partial charge in [0.1, 0.15) is 0 Å². The van der Waals surface area contributed by atoms with Crippen molar-refractivity contribution < 1.29 is 4.74 Å². The molecule has 100 valence electrons. The van der Waals surface area contributed by atoms with Gasteiger partial charge in [0, 0.05) is 29.9 Å². The maximum atomic E-state index is 5.88. The Hall–Kier alpha value is -1.58. The van der Waals surface area contributed by atoms with Crippen molar-refractivity contribution in [2.24, 2.45) is 0 Å². The Morgan fingerprint density at radius 1 is 1.21 bits per heavy atom. The van der Waals surface area contributed by atoms with E-state index in [9.17, 15) is 0 Å². The molecule has 3 nitrogen and oxygen atoms in total. The first-order valence-electron chi connectivity index (χ1n) is 6.17. The van der Waals surface area contributed by atoms with Crippen LogP contribution in [-0.4, -0.2) is 12.1 Å². The summed E-state index contributed by atoms with van der Waals surface area (Å²) in [7, 11) is 1.61. The molecule has 1 aromatic carbocycles. The van der Waals surface area contributed by atoms with Crippen LogP contribution in [0.5, 0.6) is 5.88 Å². The molecule has 19 heavy (non-hydrogen) atoms. The van der Waals surface area contributed by atoms with E-state index in [1.165, 1.54) is 5.56 Å². The van der Waals surface area contributed by atoms with Crippen LogP contribution >= 0.6 is 11.6 Å². The third-order valence-electron chi connectivity index (χ3n) is 2.99. The summed E-state index contributed by atoms with van der Waals surface area (Å²) in [5.74, 6) is 0.634. The van der Waals surface area contributed by atoms with E-state index in [0.717, 1.165) is 17.1 Å². The van der Waals surface area contributed by atoms with Crippen molar-refractivity contribution in [3.05, 3.63) is 58.7 Å². The standard InChI is InChI=1S/C15H17ClN2O/c1-11(13-4-6-14(16)7-5-13)17-9-12-3-8-15(19-2)18-10-12/h3-8,10-11,17H,9H2,1-2H3/t11-/m1/s1. The minimum atomic E-state index is 0.263. The Balaban J connectivity index is 1.92. The lowest BCUT2D eigenvalue weighted by atomic mass is 10.1. The topological polar surface area (TPSA) is 34.1 Å². The van der Waals surface area contributed by atoms with Gasteiger partial charge in [-0.15, -0.1) is 0 Å². The van der Waals surface area contributed by atoms with Crippen LogP contribution in [0.25, 0.3) is 0 Å². The van der Waals surface area contributed by atoms with Crippen molar-refractivity contribution in [1.29, 1.82) is 0 Å². The van der Waals surface area contributed by atoms with Crippen molar-refractivity contribution in [3.8, 4) is 5.88 Å². The fraction of sp³-hybridized carbons (Fsp3) is 0.267. The molecule has 0 bridgehead atoms. The molecule has 4 heteroatoms. The smallest absolute Gasteiger partial charge is 0.212 e. The molecule has 0 aliphatic carbocycles. The quantitative estimate of drug-likeness (QED) is 0.906. The Morgan fingerprint density at radius 2 is 1.95 bits per heavy atom. The van der Waals surface area contributed by atoms with Gasteiger partial charge in [-0.05, 0) is 30.2 Å². The molecular weight excluding hydrogens is 260 g/mol. The second-order valence-corrected chi connectivity index (χ2v) is 4.80. The van der Waals surface area contributed by atoms with Crippen molar-refractivity contribution in [3.63, 3.8) is 0 Å². The average Bonchev–Trinajstić information content (AvgIpc) is 2.46. The summed E-state index contributed by atoms with van der Waals surface area (Å²) < 4.78 is 5.03. The SMILES string of the molecule is COc1ccc(CN[C@H](C)c2ccc(Cl)cc2)cn1. The minimum absolute atomic E-state index is 0.263. The predicted octanol–water partition coefficient (Wildman–Crippen LogP) is 3.59. The number of ether oxygens (including phenoxy) is 1. The van der Waals surface area contributed by atoms with E-state index in [-0.39, 0.29) is 6.04 Å². The van der Waals surface area contributed by atoms with Gasteiger partial charge in [-0.25, -0.2) is 4.98 Å². The number of halogens is 1. The highest BCUT2D eigenvalue weighted by molar-refractivity contribution is 6.30. The molecule has 0 aliphatic rings. The molecule has 2 rings (SSSR count). The van der Waals surface area contributed by atoms with Crippen LogP contribution in [0, 0.1) is 0 Å². The molecule has 1 aromatic heterocycles. The molecule has 0 radical (unpaired) electrons. The zero-order chi connectivity index (χ0) is 13.7. The van der Waals surface area contributed by atoms with E-state index in [0.29, 0.717) is 5.88 Å². The number of pyridine rings is 1. The molecule has 1 heterocycles. The van der Waals surface area contributed by atoms with Crippen molar-refractivity contribution >= 4 is 11.6 Å². The second kappa shape index (κ2) is 6.55. The highest BCUT2D eigenvalue weighted by Gasteiger charge is 2.05. The predicted molar refractivity (Wildman–Crippen MR) is 77.5 cm³/mol. The van der Waals surface area contributed by atoms with Gasteiger partial charge in [-0.1, -0.05) is 29.8 Å². The van der Waals surface area contributed by atoms with Crippen molar-refractivity contribution in [1.82, 2.24) is 10.3 Å². The van der Waals surface area contributed by atoms with Crippen molar-refractivity contribution in [2.45, 2.75) is 19.5 Å². The fourth-order valence-corrected chi connectivity index (χ4v) is 1.90. The summed E-state index contributed by atoms with van der Waals surface area (Å²) in [5, 5.41) is 4.21. The normalized spacial score (nSPS) is 12.2. The van der Waals surface area contributed by atoms with Gasteiger partial charge >= 0.3 is 0 Å². The summed E-state index contributed by atoms with van der Waals surface area (Å²) in [6.45, 7) is 2.89. The molecule has 1 N–H and O–H groups in total. The number of methoxy groups -OCH3 is 1. The first kappa shape index (κ1) is 13.8. The first-order valence-corrected chi connectivity index (χ1v) is 6.54. The minimum Gasteiger partial charge on any atom is -0.481 e. The average molecular weight is 277 g/mol. The molecule has 0 unspecified atom stereocenters. The van der Waals surface area contributed by atoms with Crippen LogP contribution in [0.3, 0.4) is 0 Å². The molecule has 0 saturated carbocycles. The van der Waals surface area contributed by atoms with Crippen molar-refractivity contribution in [2.75, 3.05) is 7.11 Å². The molecule has 0 amide bonds. The van der Waals surface area contributed by atoms with Gasteiger partial charge in [0.05, 0.1) is 7.11 Å². The first-order chi connectivity index (χ1) is 9.19. The van der Waals surface area contributed by atoms with Gasteiger partial charge < -0.3 is 10.1 Å². The van der Waals surface area contributed by atoms with Crippen LogP contribution in [-0.2, 0) is 6.54 Å².